The summed E-state index contributed by atoms with van der Waals surface area (Å²) in [4.78, 5) is 0. The molecule has 0 amide bonds. The standard InChI is InChI=1S/C8H18O3S.Na.H/c1-2-3-4-5-6-7-8-12(9,10)11;;/h2-8H2,1H3,(H,9,10,11);;/q;+1;-1. The Kier molecular flexibility index (Phi) is 11.9. The molecule has 13 heavy (non-hydrogen) atoms. The molecular weight excluding hydrogens is 199 g/mol. The first-order chi connectivity index (χ1) is 5.56. The second-order valence-corrected chi connectivity index (χ2v) is 4.63. The van der Waals surface area contributed by atoms with E-state index in [-0.39, 0.29) is 36.7 Å². The molecule has 3 nitrogen and oxygen atoms in total. The van der Waals surface area contributed by atoms with Crippen molar-refractivity contribution in [1.29, 1.82) is 0 Å². The molecular formula is C8H19NaO3S. The van der Waals surface area contributed by atoms with Gasteiger partial charge in [-0.05, 0) is 6.42 Å². The fourth-order valence-corrected chi connectivity index (χ4v) is 1.63. The predicted octanol–water partition coefficient (Wildman–Crippen LogP) is -0.649. The molecule has 0 aliphatic carbocycles. The average Bonchev–Trinajstić information content (AvgIpc) is 1.94. The molecule has 76 valence electrons. The molecule has 0 fully saturated rings. The van der Waals surface area contributed by atoms with Gasteiger partial charge in [-0.2, -0.15) is 8.42 Å². The van der Waals surface area contributed by atoms with Crippen LogP contribution in [0.25, 0.3) is 0 Å². The van der Waals surface area contributed by atoms with E-state index < -0.39 is 10.1 Å². The van der Waals surface area contributed by atoms with Gasteiger partial charge in [-0.3, -0.25) is 4.55 Å². The van der Waals surface area contributed by atoms with Gasteiger partial charge in [0.1, 0.15) is 0 Å². The van der Waals surface area contributed by atoms with Crippen LogP contribution in [0, 0.1) is 0 Å². The van der Waals surface area contributed by atoms with Crippen LogP contribution >= 0.6 is 0 Å². The molecule has 5 heteroatoms. The molecule has 0 heterocycles. The Morgan fingerprint density at radius 1 is 1.08 bits per heavy atom. The van der Waals surface area contributed by atoms with Crippen molar-refractivity contribution in [3.63, 3.8) is 0 Å². The third-order valence-corrected chi connectivity index (χ3v) is 2.56. The van der Waals surface area contributed by atoms with Crippen LogP contribution in [0.3, 0.4) is 0 Å². The normalized spacial score (nSPS) is 10.9. The summed E-state index contributed by atoms with van der Waals surface area (Å²) in [5.74, 6) is -0.0842. The molecule has 0 rings (SSSR count). The maximum atomic E-state index is 10.3. The smallest absolute Gasteiger partial charge is 1.00 e. The fourth-order valence-electron chi connectivity index (χ4n) is 1.06. The zero-order valence-corrected chi connectivity index (χ0v) is 11.4. The minimum absolute atomic E-state index is 0. The van der Waals surface area contributed by atoms with Gasteiger partial charge >= 0.3 is 29.6 Å². The number of hydrogen-bond donors (Lipinski definition) is 1. The Morgan fingerprint density at radius 2 is 1.54 bits per heavy atom. The minimum atomic E-state index is -3.72. The van der Waals surface area contributed by atoms with Crippen LogP contribution in [-0.2, 0) is 10.1 Å². The summed E-state index contributed by atoms with van der Waals surface area (Å²) < 4.78 is 28.9. The van der Waals surface area contributed by atoms with E-state index in [0.29, 0.717) is 6.42 Å². The van der Waals surface area contributed by atoms with Gasteiger partial charge in [0.05, 0.1) is 5.75 Å². The van der Waals surface area contributed by atoms with Crippen molar-refractivity contribution in [3.05, 3.63) is 0 Å². The van der Waals surface area contributed by atoms with E-state index >= 15 is 0 Å². The van der Waals surface area contributed by atoms with Crippen molar-refractivity contribution in [2.45, 2.75) is 45.4 Å². The summed E-state index contributed by atoms with van der Waals surface area (Å²) in [6.07, 6.45) is 6.14. The molecule has 0 unspecified atom stereocenters. The molecule has 0 bridgehead atoms. The molecule has 0 aromatic heterocycles. The van der Waals surface area contributed by atoms with Gasteiger partial charge in [-0.15, -0.1) is 0 Å². The van der Waals surface area contributed by atoms with Crippen molar-refractivity contribution < 1.29 is 44.0 Å². The van der Waals surface area contributed by atoms with E-state index in [1.807, 2.05) is 0 Å². The first-order valence-electron chi connectivity index (χ1n) is 4.51. The van der Waals surface area contributed by atoms with E-state index in [2.05, 4.69) is 6.92 Å². The SMILES string of the molecule is CCCCCCCCS(=O)(=O)O.[H-].[Na+]. The molecule has 0 aromatic carbocycles. The molecule has 0 saturated carbocycles. The topological polar surface area (TPSA) is 54.4 Å². The molecule has 0 aliphatic heterocycles. The Morgan fingerprint density at radius 3 is 2.00 bits per heavy atom. The van der Waals surface area contributed by atoms with Crippen LogP contribution < -0.4 is 29.6 Å². The summed E-state index contributed by atoms with van der Waals surface area (Å²) in [5.41, 5.74) is 0. The van der Waals surface area contributed by atoms with Crippen molar-refractivity contribution >= 4 is 10.1 Å². The minimum Gasteiger partial charge on any atom is -1.00 e. The van der Waals surface area contributed by atoms with Crippen LogP contribution in [0.2, 0.25) is 0 Å². The molecule has 0 spiro atoms. The van der Waals surface area contributed by atoms with Gasteiger partial charge in [0.25, 0.3) is 10.1 Å². The number of unbranched alkanes of at least 4 members (excludes halogenated alkanes) is 5. The van der Waals surface area contributed by atoms with Crippen molar-refractivity contribution in [1.82, 2.24) is 0 Å². The second-order valence-electron chi connectivity index (χ2n) is 3.05. The fraction of sp³-hybridized carbons (Fsp3) is 1.00. The first kappa shape index (κ1) is 16.3. The molecule has 0 aromatic rings. The molecule has 1 N–H and O–H groups in total. The largest absolute Gasteiger partial charge is 1.00 e. The predicted molar refractivity (Wildman–Crippen MR) is 50.9 cm³/mol. The molecule has 0 atom stereocenters. The summed E-state index contributed by atoms with van der Waals surface area (Å²) in [7, 11) is -3.72. The Balaban J connectivity index is -0.000000605. The quantitative estimate of drug-likeness (QED) is 0.351. The van der Waals surface area contributed by atoms with E-state index in [1.54, 1.807) is 0 Å². The Hall–Kier alpha value is 0.910. The molecule has 0 saturated heterocycles. The zero-order chi connectivity index (χ0) is 9.45. The zero-order valence-electron chi connectivity index (χ0n) is 9.62. The third-order valence-electron chi connectivity index (χ3n) is 1.76. The Labute approximate surface area is 105 Å². The van der Waals surface area contributed by atoms with Crippen molar-refractivity contribution in [2.24, 2.45) is 0 Å². The summed E-state index contributed by atoms with van der Waals surface area (Å²) in [5, 5.41) is 0. The summed E-state index contributed by atoms with van der Waals surface area (Å²) in [6.45, 7) is 2.14. The van der Waals surface area contributed by atoms with E-state index in [4.69, 9.17) is 4.55 Å². The second kappa shape index (κ2) is 9.46. The van der Waals surface area contributed by atoms with Gasteiger partial charge in [-0.1, -0.05) is 39.0 Å². The van der Waals surface area contributed by atoms with Crippen LogP contribution in [0.15, 0.2) is 0 Å². The van der Waals surface area contributed by atoms with Crippen LogP contribution in [0.4, 0.5) is 0 Å². The van der Waals surface area contributed by atoms with Gasteiger partial charge in [0, 0.05) is 0 Å². The summed E-state index contributed by atoms with van der Waals surface area (Å²) in [6, 6.07) is 0. The maximum Gasteiger partial charge on any atom is 1.00 e. The number of hydrogen-bond acceptors (Lipinski definition) is 2. The molecule has 0 radical (unpaired) electrons. The first-order valence-corrected chi connectivity index (χ1v) is 6.12. The van der Waals surface area contributed by atoms with Crippen LogP contribution in [-0.4, -0.2) is 18.7 Å². The van der Waals surface area contributed by atoms with Gasteiger partial charge in [0.15, 0.2) is 0 Å². The van der Waals surface area contributed by atoms with Crippen LogP contribution in [0.1, 0.15) is 46.9 Å². The maximum absolute atomic E-state index is 10.3. The number of rotatable bonds is 7. The van der Waals surface area contributed by atoms with E-state index in [9.17, 15) is 8.42 Å². The molecule has 0 aliphatic rings. The van der Waals surface area contributed by atoms with Gasteiger partial charge in [-0.25, -0.2) is 0 Å². The Bertz CT molecular complexity index is 195. The van der Waals surface area contributed by atoms with E-state index in [1.165, 1.54) is 19.3 Å². The van der Waals surface area contributed by atoms with Crippen molar-refractivity contribution in [2.75, 3.05) is 5.75 Å². The van der Waals surface area contributed by atoms with Crippen LogP contribution in [0.5, 0.6) is 0 Å². The average molecular weight is 218 g/mol. The summed E-state index contributed by atoms with van der Waals surface area (Å²) >= 11 is 0. The monoisotopic (exact) mass is 218 g/mol. The van der Waals surface area contributed by atoms with Crippen molar-refractivity contribution in [3.8, 4) is 0 Å². The van der Waals surface area contributed by atoms with Gasteiger partial charge in [0.2, 0.25) is 0 Å². The van der Waals surface area contributed by atoms with Gasteiger partial charge < -0.3 is 1.43 Å². The van der Waals surface area contributed by atoms with E-state index in [0.717, 1.165) is 12.8 Å². The third kappa shape index (κ3) is 15.6.